The third-order valence-electron chi connectivity index (χ3n) is 2.40. The minimum Gasteiger partial charge on any atom is -0.480 e. The van der Waals surface area contributed by atoms with Crippen molar-refractivity contribution in [1.29, 1.82) is 0 Å². The van der Waals surface area contributed by atoms with Crippen molar-refractivity contribution < 1.29 is 9.84 Å². The summed E-state index contributed by atoms with van der Waals surface area (Å²) in [5.41, 5.74) is 1.10. The summed E-state index contributed by atoms with van der Waals surface area (Å²) in [7, 11) is 1.50. The van der Waals surface area contributed by atoms with Crippen molar-refractivity contribution in [3.63, 3.8) is 0 Å². The molecule has 0 fully saturated rings. The zero-order valence-electron chi connectivity index (χ0n) is 9.47. The molecule has 4 nitrogen and oxygen atoms in total. The van der Waals surface area contributed by atoms with Gasteiger partial charge in [-0.25, -0.2) is 4.98 Å². The average molecular weight is 374 g/mol. The first-order chi connectivity index (χ1) is 8.63. The smallest absolute Gasteiger partial charge is 0.238 e. The number of aliphatic hydroxyl groups excluding tert-OH is 1. The van der Waals surface area contributed by atoms with Gasteiger partial charge in [0, 0.05) is 26.9 Å². The maximum atomic E-state index is 10.3. The number of ether oxygens (including phenoxy) is 1. The number of halogens is 2. The number of aliphatic hydroxyl groups is 1. The Kier molecular flexibility index (Phi) is 4.31. The summed E-state index contributed by atoms with van der Waals surface area (Å²) in [4.78, 5) is 8.14. The van der Waals surface area contributed by atoms with Crippen LogP contribution in [0.5, 0.6) is 5.88 Å². The van der Waals surface area contributed by atoms with Crippen LogP contribution in [-0.2, 0) is 0 Å². The first-order valence-electron chi connectivity index (χ1n) is 5.11. The van der Waals surface area contributed by atoms with Gasteiger partial charge in [0.25, 0.3) is 0 Å². The lowest BCUT2D eigenvalue weighted by Crippen LogP contribution is -2.06. The molecule has 6 heteroatoms. The van der Waals surface area contributed by atoms with E-state index in [0.29, 0.717) is 17.1 Å². The molecule has 0 radical (unpaired) electrons. The van der Waals surface area contributed by atoms with E-state index < -0.39 is 6.10 Å². The summed E-state index contributed by atoms with van der Waals surface area (Å²) < 4.78 is 6.81. The number of nitrogens with zero attached hydrogens (tertiary/aromatic N) is 2. The van der Waals surface area contributed by atoms with E-state index in [4.69, 9.17) is 4.74 Å². The lowest BCUT2D eigenvalue weighted by molar-refractivity contribution is 0.207. The highest BCUT2D eigenvalue weighted by atomic mass is 79.9. The standard InChI is InChI=1S/C12H10Br2N2O2/c1-18-12-10(15-4-5-16-12)11(17)8-3-2-7(13)6-9(8)14/h2-6,11,17H,1H3. The van der Waals surface area contributed by atoms with Crippen molar-refractivity contribution >= 4 is 31.9 Å². The number of rotatable bonds is 3. The second-order valence-corrected chi connectivity index (χ2v) is 5.29. The van der Waals surface area contributed by atoms with Gasteiger partial charge in [-0.15, -0.1) is 0 Å². The lowest BCUT2D eigenvalue weighted by Gasteiger charge is -2.14. The predicted molar refractivity (Wildman–Crippen MR) is 74.5 cm³/mol. The van der Waals surface area contributed by atoms with Crippen LogP contribution >= 0.6 is 31.9 Å². The van der Waals surface area contributed by atoms with Gasteiger partial charge in [-0.3, -0.25) is 4.98 Å². The summed E-state index contributed by atoms with van der Waals surface area (Å²) in [6.45, 7) is 0. The quantitative estimate of drug-likeness (QED) is 0.898. The molecule has 0 bridgehead atoms. The fourth-order valence-corrected chi connectivity index (χ4v) is 2.82. The van der Waals surface area contributed by atoms with Crippen molar-refractivity contribution in [1.82, 2.24) is 9.97 Å². The maximum Gasteiger partial charge on any atom is 0.238 e. The number of benzene rings is 1. The van der Waals surface area contributed by atoms with Crippen LogP contribution in [0.3, 0.4) is 0 Å². The van der Waals surface area contributed by atoms with Gasteiger partial charge < -0.3 is 9.84 Å². The zero-order valence-corrected chi connectivity index (χ0v) is 12.6. The van der Waals surface area contributed by atoms with Gasteiger partial charge in [-0.05, 0) is 12.1 Å². The Morgan fingerprint density at radius 2 is 1.94 bits per heavy atom. The van der Waals surface area contributed by atoms with Crippen molar-refractivity contribution in [3.8, 4) is 5.88 Å². The summed E-state index contributed by atoms with van der Waals surface area (Å²) in [5, 5.41) is 10.3. The first-order valence-corrected chi connectivity index (χ1v) is 6.70. The van der Waals surface area contributed by atoms with Gasteiger partial charge in [-0.2, -0.15) is 0 Å². The summed E-state index contributed by atoms with van der Waals surface area (Å²) in [6.07, 6.45) is 2.15. The molecule has 1 heterocycles. The van der Waals surface area contributed by atoms with Gasteiger partial charge in [0.2, 0.25) is 5.88 Å². The number of methoxy groups -OCH3 is 1. The van der Waals surface area contributed by atoms with Gasteiger partial charge in [0.15, 0.2) is 0 Å². The van der Waals surface area contributed by atoms with Crippen LogP contribution in [0.1, 0.15) is 17.4 Å². The first kappa shape index (κ1) is 13.5. The van der Waals surface area contributed by atoms with Crippen LogP contribution in [0.4, 0.5) is 0 Å². The maximum absolute atomic E-state index is 10.3. The Morgan fingerprint density at radius 1 is 1.22 bits per heavy atom. The molecule has 1 N–H and O–H groups in total. The fourth-order valence-electron chi connectivity index (χ4n) is 1.55. The highest BCUT2D eigenvalue weighted by Gasteiger charge is 2.20. The minimum atomic E-state index is -0.892. The van der Waals surface area contributed by atoms with E-state index in [2.05, 4.69) is 41.8 Å². The Labute approximate surface area is 121 Å². The third-order valence-corrected chi connectivity index (χ3v) is 3.58. The van der Waals surface area contributed by atoms with E-state index in [9.17, 15) is 5.11 Å². The topological polar surface area (TPSA) is 55.2 Å². The van der Waals surface area contributed by atoms with Crippen LogP contribution < -0.4 is 4.74 Å². The number of hydrogen-bond acceptors (Lipinski definition) is 4. The Balaban J connectivity index is 2.44. The zero-order chi connectivity index (χ0) is 13.1. The molecule has 0 aliphatic rings. The van der Waals surface area contributed by atoms with E-state index in [1.165, 1.54) is 19.5 Å². The molecule has 0 saturated heterocycles. The largest absolute Gasteiger partial charge is 0.480 e. The molecule has 18 heavy (non-hydrogen) atoms. The molecule has 0 aliphatic carbocycles. The van der Waals surface area contributed by atoms with Crippen molar-refractivity contribution in [2.24, 2.45) is 0 Å². The molecule has 2 aromatic rings. The van der Waals surface area contributed by atoms with Crippen molar-refractivity contribution in [2.45, 2.75) is 6.10 Å². The van der Waals surface area contributed by atoms with Crippen molar-refractivity contribution in [3.05, 3.63) is 50.8 Å². The predicted octanol–water partition coefficient (Wildman–Crippen LogP) is 3.09. The molecule has 94 valence electrons. The molecule has 0 saturated carbocycles. The van der Waals surface area contributed by atoms with Gasteiger partial charge in [0.05, 0.1) is 7.11 Å². The molecular weight excluding hydrogens is 364 g/mol. The second-order valence-electron chi connectivity index (χ2n) is 3.52. The Morgan fingerprint density at radius 3 is 2.61 bits per heavy atom. The van der Waals surface area contributed by atoms with E-state index in [1.807, 2.05) is 18.2 Å². The molecular formula is C12H10Br2N2O2. The molecule has 0 spiro atoms. The van der Waals surface area contributed by atoms with Crippen molar-refractivity contribution in [2.75, 3.05) is 7.11 Å². The minimum absolute atomic E-state index is 0.319. The lowest BCUT2D eigenvalue weighted by atomic mass is 10.1. The van der Waals surface area contributed by atoms with Crippen LogP contribution in [0.2, 0.25) is 0 Å². The number of aromatic nitrogens is 2. The summed E-state index contributed by atoms with van der Waals surface area (Å²) in [5.74, 6) is 0.319. The monoisotopic (exact) mass is 372 g/mol. The molecule has 0 amide bonds. The van der Waals surface area contributed by atoms with E-state index >= 15 is 0 Å². The Hall–Kier alpha value is -0.980. The van der Waals surface area contributed by atoms with Crippen LogP contribution in [0.15, 0.2) is 39.5 Å². The molecule has 0 aliphatic heterocycles. The molecule has 1 aromatic carbocycles. The van der Waals surface area contributed by atoms with Gasteiger partial charge in [-0.1, -0.05) is 37.9 Å². The summed E-state index contributed by atoms with van der Waals surface area (Å²) in [6, 6.07) is 5.53. The highest BCUT2D eigenvalue weighted by Crippen LogP contribution is 2.32. The van der Waals surface area contributed by atoms with E-state index in [0.717, 1.165) is 8.95 Å². The highest BCUT2D eigenvalue weighted by molar-refractivity contribution is 9.11. The molecule has 2 rings (SSSR count). The Bertz CT molecular complexity index is 564. The molecule has 1 unspecified atom stereocenters. The fraction of sp³-hybridized carbons (Fsp3) is 0.167. The number of hydrogen-bond donors (Lipinski definition) is 1. The molecule has 1 aromatic heterocycles. The van der Waals surface area contributed by atoms with Crippen LogP contribution in [0, 0.1) is 0 Å². The second kappa shape index (κ2) is 5.77. The average Bonchev–Trinajstić information content (AvgIpc) is 2.38. The van der Waals surface area contributed by atoms with Crippen LogP contribution in [0.25, 0.3) is 0 Å². The normalized spacial score (nSPS) is 12.2. The summed E-state index contributed by atoms with van der Waals surface area (Å²) >= 11 is 6.78. The van der Waals surface area contributed by atoms with Gasteiger partial charge >= 0.3 is 0 Å². The van der Waals surface area contributed by atoms with Gasteiger partial charge in [0.1, 0.15) is 11.8 Å². The third kappa shape index (κ3) is 2.71. The SMILES string of the molecule is COc1nccnc1C(O)c1ccc(Br)cc1Br. The van der Waals surface area contributed by atoms with E-state index in [-0.39, 0.29) is 0 Å². The van der Waals surface area contributed by atoms with E-state index in [1.54, 1.807) is 0 Å². The molecule has 1 atom stereocenters. The van der Waals surface area contributed by atoms with Crippen LogP contribution in [-0.4, -0.2) is 22.2 Å².